The van der Waals surface area contributed by atoms with Crippen molar-refractivity contribution in [3.8, 4) is 11.8 Å². The fraction of sp³-hybridized carbons (Fsp3) is 0.111. The highest BCUT2D eigenvalue weighted by atomic mass is 15.3. The first kappa shape index (κ1) is 13.9. The smallest absolute Gasteiger partial charge is 0.151 e. The van der Waals surface area contributed by atoms with Gasteiger partial charge in [0.15, 0.2) is 5.82 Å². The van der Waals surface area contributed by atoms with Crippen molar-refractivity contribution in [1.82, 2.24) is 9.78 Å². The van der Waals surface area contributed by atoms with Gasteiger partial charge in [0.2, 0.25) is 0 Å². The second kappa shape index (κ2) is 6.15. The SMILES string of the molecule is Cc1cn(-c2ccccc2)nc1NCc1cccc(C#N)c1. The van der Waals surface area contributed by atoms with Crippen LogP contribution in [0.5, 0.6) is 0 Å². The van der Waals surface area contributed by atoms with Crippen molar-refractivity contribution >= 4 is 5.82 Å². The topological polar surface area (TPSA) is 53.6 Å². The van der Waals surface area contributed by atoms with Crippen LogP contribution in [-0.4, -0.2) is 9.78 Å². The molecule has 0 radical (unpaired) electrons. The van der Waals surface area contributed by atoms with E-state index < -0.39 is 0 Å². The number of aromatic nitrogens is 2. The van der Waals surface area contributed by atoms with E-state index in [4.69, 9.17) is 5.26 Å². The number of nitrogens with one attached hydrogen (secondary N) is 1. The number of benzene rings is 2. The molecule has 0 aliphatic heterocycles. The monoisotopic (exact) mass is 288 g/mol. The van der Waals surface area contributed by atoms with Gasteiger partial charge in [-0.15, -0.1) is 0 Å². The third-order valence-electron chi connectivity index (χ3n) is 3.43. The first-order valence-electron chi connectivity index (χ1n) is 7.11. The number of nitrogens with zero attached hydrogens (tertiary/aromatic N) is 3. The van der Waals surface area contributed by atoms with Crippen molar-refractivity contribution in [2.24, 2.45) is 0 Å². The maximum absolute atomic E-state index is 8.93. The van der Waals surface area contributed by atoms with Crippen LogP contribution in [0.3, 0.4) is 0 Å². The fourth-order valence-electron chi connectivity index (χ4n) is 2.28. The molecule has 108 valence electrons. The average Bonchev–Trinajstić information content (AvgIpc) is 2.95. The molecule has 2 aromatic carbocycles. The van der Waals surface area contributed by atoms with Crippen LogP contribution < -0.4 is 5.32 Å². The lowest BCUT2D eigenvalue weighted by Gasteiger charge is -2.05. The minimum absolute atomic E-state index is 0.641. The first-order valence-corrected chi connectivity index (χ1v) is 7.11. The number of aryl methyl sites for hydroxylation is 1. The Morgan fingerprint density at radius 2 is 1.95 bits per heavy atom. The minimum atomic E-state index is 0.641. The Hall–Kier alpha value is -3.06. The summed E-state index contributed by atoms with van der Waals surface area (Å²) in [6.07, 6.45) is 2.00. The molecule has 3 aromatic rings. The molecule has 0 bridgehead atoms. The lowest BCUT2D eigenvalue weighted by atomic mass is 10.1. The van der Waals surface area contributed by atoms with Crippen LogP contribution in [0.2, 0.25) is 0 Å². The van der Waals surface area contributed by atoms with Gasteiger partial charge in [0, 0.05) is 18.3 Å². The second-order valence-corrected chi connectivity index (χ2v) is 5.11. The van der Waals surface area contributed by atoms with E-state index in [1.807, 2.05) is 66.3 Å². The molecule has 0 spiro atoms. The van der Waals surface area contributed by atoms with E-state index in [1.54, 1.807) is 6.07 Å². The van der Waals surface area contributed by atoms with Gasteiger partial charge in [-0.05, 0) is 36.8 Å². The Morgan fingerprint density at radius 3 is 2.73 bits per heavy atom. The molecule has 1 N–H and O–H groups in total. The van der Waals surface area contributed by atoms with Gasteiger partial charge in [0.25, 0.3) is 0 Å². The Bertz CT molecular complexity index is 813. The standard InChI is InChI=1S/C18H16N4/c1-14-13-22(17-8-3-2-4-9-17)21-18(14)20-12-16-7-5-6-15(10-16)11-19/h2-10,13H,12H2,1H3,(H,20,21). The molecule has 0 aliphatic carbocycles. The summed E-state index contributed by atoms with van der Waals surface area (Å²) < 4.78 is 1.86. The summed E-state index contributed by atoms with van der Waals surface area (Å²) in [7, 11) is 0. The number of rotatable bonds is 4. The lowest BCUT2D eigenvalue weighted by molar-refractivity contribution is 0.877. The van der Waals surface area contributed by atoms with Crippen LogP contribution >= 0.6 is 0 Å². The van der Waals surface area contributed by atoms with Crippen molar-refractivity contribution in [2.75, 3.05) is 5.32 Å². The van der Waals surface area contributed by atoms with E-state index >= 15 is 0 Å². The molecule has 0 saturated carbocycles. The van der Waals surface area contributed by atoms with E-state index in [0.29, 0.717) is 12.1 Å². The summed E-state index contributed by atoms with van der Waals surface area (Å²) in [4.78, 5) is 0. The molecule has 0 saturated heterocycles. The van der Waals surface area contributed by atoms with Gasteiger partial charge in [-0.2, -0.15) is 10.4 Å². The Balaban J connectivity index is 1.76. The molecule has 0 fully saturated rings. The summed E-state index contributed by atoms with van der Waals surface area (Å²) in [6.45, 7) is 2.67. The van der Waals surface area contributed by atoms with Crippen LogP contribution in [-0.2, 0) is 6.54 Å². The van der Waals surface area contributed by atoms with E-state index in [-0.39, 0.29) is 0 Å². The van der Waals surface area contributed by atoms with Crippen LogP contribution in [0.25, 0.3) is 5.69 Å². The zero-order chi connectivity index (χ0) is 15.4. The van der Waals surface area contributed by atoms with E-state index in [1.165, 1.54) is 0 Å². The minimum Gasteiger partial charge on any atom is -0.364 e. The largest absolute Gasteiger partial charge is 0.364 e. The molecule has 4 heteroatoms. The van der Waals surface area contributed by atoms with Crippen molar-refractivity contribution in [3.05, 3.63) is 77.5 Å². The molecule has 4 nitrogen and oxygen atoms in total. The van der Waals surface area contributed by atoms with E-state index in [2.05, 4.69) is 16.5 Å². The average molecular weight is 288 g/mol. The molecular weight excluding hydrogens is 272 g/mol. The summed E-state index contributed by atoms with van der Waals surface area (Å²) >= 11 is 0. The van der Waals surface area contributed by atoms with E-state index in [0.717, 1.165) is 22.6 Å². The Kier molecular flexibility index (Phi) is 3.88. The van der Waals surface area contributed by atoms with Gasteiger partial charge >= 0.3 is 0 Å². The Morgan fingerprint density at radius 1 is 1.14 bits per heavy atom. The van der Waals surface area contributed by atoms with Gasteiger partial charge in [-0.1, -0.05) is 30.3 Å². The van der Waals surface area contributed by atoms with Gasteiger partial charge < -0.3 is 5.32 Å². The van der Waals surface area contributed by atoms with Crippen molar-refractivity contribution < 1.29 is 0 Å². The van der Waals surface area contributed by atoms with Crippen LogP contribution in [0.15, 0.2) is 60.8 Å². The zero-order valence-corrected chi connectivity index (χ0v) is 12.3. The molecule has 1 heterocycles. The fourth-order valence-corrected chi connectivity index (χ4v) is 2.28. The normalized spacial score (nSPS) is 10.2. The predicted molar refractivity (Wildman–Crippen MR) is 86.8 cm³/mol. The maximum atomic E-state index is 8.93. The highest BCUT2D eigenvalue weighted by Crippen LogP contribution is 2.16. The summed E-state index contributed by atoms with van der Waals surface area (Å²) in [6, 6.07) is 19.8. The van der Waals surface area contributed by atoms with Gasteiger partial charge in [0.05, 0.1) is 17.3 Å². The highest BCUT2D eigenvalue weighted by Gasteiger charge is 2.06. The number of hydrogen-bond acceptors (Lipinski definition) is 3. The third kappa shape index (κ3) is 2.99. The first-order chi connectivity index (χ1) is 10.8. The summed E-state index contributed by atoms with van der Waals surface area (Å²) in [5.41, 5.74) is 3.85. The van der Waals surface area contributed by atoms with Crippen molar-refractivity contribution in [2.45, 2.75) is 13.5 Å². The third-order valence-corrected chi connectivity index (χ3v) is 3.43. The Labute approximate surface area is 129 Å². The lowest BCUT2D eigenvalue weighted by Crippen LogP contribution is -2.02. The van der Waals surface area contributed by atoms with Gasteiger partial charge in [-0.25, -0.2) is 4.68 Å². The van der Waals surface area contributed by atoms with Crippen LogP contribution in [0, 0.1) is 18.3 Å². The maximum Gasteiger partial charge on any atom is 0.151 e. The molecule has 22 heavy (non-hydrogen) atoms. The van der Waals surface area contributed by atoms with Crippen molar-refractivity contribution in [1.29, 1.82) is 5.26 Å². The molecule has 0 atom stereocenters. The van der Waals surface area contributed by atoms with Crippen LogP contribution in [0.1, 0.15) is 16.7 Å². The predicted octanol–water partition coefficient (Wildman–Crippen LogP) is 3.66. The quantitative estimate of drug-likeness (QED) is 0.797. The van der Waals surface area contributed by atoms with Crippen LogP contribution in [0.4, 0.5) is 5.82 Å². The highest BCUT2D eigenvalue weighted by molar-refractivity contribution is 5.46. The zero-order valence-electron chi connectivity index (χ0n) is 12.3. The number of para-hydroxylation sites is 1. The van der Waals surface area contributed by atoms with E-state index in [9.17, 15) is 0 Å². The number of anilines is 1. The number of hydrogen-bond donors (Lipinski definition) is 1. The molecule has 0 amide bonds. The molecular formula is C18H16N4. The van der Waals surface area contributed by atoms with Crippen molar-refractivity contribution in [3.63, 3.8) is 0 Å². The summed E-state index contributed by atoms with van der Waals surface area (Å²) in [5, 5.41) is 16.8. The molecule has 0 unspecified atom stereocenters. The second-order valence-electron chi connectivity index (χ2n) is 5.11. The summed E-state index contributed by atoms with van der Waals surface area (Å²) in [5.74, 6) is 0.853. The molecule has 0 aliphatic rings. The van der Waals surface area contributed by atoms with Gasteiger partial charge in [0.1, 0.15) is 0 Å². The molecule has 3 rings (SSSR count). The van der Waals surface area contributed by atoms with Gasteiger partial charge in [-0.3, -0.25) is 0 Å². The number of nitriles is 1. The molecule has 1 aromatic heterocycles.